The second-order valence-corrected chi connectivity index (χ2v) is 18.3. The lowest BCUT2D eigenvalue weighted by Gasteiger charge is -2.38. The molecule has 0 aliphatic carbocycles. The number of amides is 4. The first-order valence-electron chi connectivity index (χ1n) is 24.0. The monoisotopic (exact) mass is 956 g/mol. The van der Waals surface area contributed by atoms with Crippen molar-refractivity contribution >= 4 is 46.0 Å². The molecule has 9 rings (SSSR count). The molecular weight excluding hydrogens is 897 g/mol. The van der Waals surface area contributed by atoms with Crippen LogP contribution in [0.2, 0.25) is 0 Å². The highest BCUT2D eigenvalue weighted by Crippen LogP contribution is 2.36. The van der Waals surface area contributed by atoms with Crippen LogP contribution in [-0.2, 0) is 50.5 Å². The summed E-state index contributed by atoms with van der Waals surface area (Å²) in [6, 6.07) is 44.9. The van der Waals surface area contributed by atoms with Crippen molar-refractivity contribution in [1.82, 2.24) is 24.6 Å². The Kier molecular flexibility index (Phi) is 16.4. The third-order valence-corrected chi connectivity index (χ3v) is 12.8. The fourth-order valence-electron chi connectivity index (χ4n) is 9.01. The molecule has 71 heavy (non-hydrogen) atoms. The summed E-state index contributed by atoms with van der Waals surface area (Å²) in [4.78, 5) is 58.1. The van der Waals surface area contributed by atoms with Gasteiger partial charge in [-0.05, 0) is 89.6 Å². The van der Waals surface area contributed by atoms with E-state index in [1.165, 1.54) is 6.20 Å². The molecule has 15 heteroatoms. The zero-order valence-electron chi connectivity index (χ0n) is 40.1. The number of benzene rings is 5. The van der Waals surface area contributed by atoms with E-state index in [0.717, 1.165) is 65.0 Å². The number of nitrogens with two attached hydrogens (primary N) is 2. The highest BCUT2D eigenvalue weighted by molar-refractivity contribution is 6.40. The van der Waals surface area contributed by atoms with Gasteiger partial charge >= 0.3 is 23.6 Å². The zero-order valence-corrected chi connectivity index (χ0v) is 40.1. The SMILES string of the molecule is CC1CCC(c2ccc(OCc3ccccc3)cc2)N(C(=O)C(=O)Nc2cnc(N)c3cn(COCc4ccccc4)nc23)C1.CC1CCC(c2ccc(OCc3ccccc3)cc2)N(C(=O)C(N)=O)C1. The Morgan fingerprint density at radius 3 is 1.56 bits per heavy atom. The maximum atomic E-state index is 13.6. The lowest BCUT2D eigenvalue weighted by Crippen LogP contribution is -2.46. The molecule has 0 radical (unpaired) electrons. The molecule has 5 aromatic carbocycles. The van der Waals surface area contributed by atoms with Crippen LogP contribution in [0.1, 0.15) is 79.4 Å². The molecule has 15 nitrogen and oxygen atoms in total. The van der Waals surface area contributed by atoms with Gasteiger partial charge in [0, 0.05) is 19.3 Å². The number of aromatic nitrogens is 3. The Morgan fingerprint density at radius 1 is 0.620 bits per heavy atom. The summed E-state index contributed by atoms with van der Waals surface area (Å²) < 4.78 is 19.1. The van der Waals surface area contributed by atoms with Crippen molar-refractivity contribution in [3.63, 3.8) is 0 Å². The van der Waals surface area contributed by atoms with E-state index < -0.39 is 23.6 Å². The summed E-state index contributed by atoms with van der Waals surface area (Å²) in [5, 5.41) is 7.87. The standard InChI is InChI=1S/C35H36N6O4.C21H24N2O3/c1-24-12-17-31(27-13-15-28(16-14-27)45-22-26-10-6-3-7-11-26)41(19-24)35(43)34(42)38-30-18-37-33(36)29-20-40(39-32(29)30)23-44-21-25-8-4-2-5-9-25;1-15-7-12-19(23(13-15)21(25)20(22)24)17-8-10-18(11-9-17)26-14-16-5-3-2-4-6-16/h2-11,13-16,18,20,24,31H,12,17,19,21-23H2,1H3,(H2,36,37)(H,38,42);2-6,8-11,15,19H,7,12-14H2,1H3,(H2,22,24). The molecule has 0 bridgehead atoms. The Morgan fingerprint density at radius 2 is 1.08 bits per heavy atom. The maximum absolute atomic E-state index is 13.6. The molecule has 4 heterocycles. The van der Waals surface area contributed by atoms with E-state index in [9.17, 15) is 19.2 Å². The van der Waals surface area contributed by atoms with Gasteiger partial charge < -0.3 is 40.8 Å². The summed E-state index contributed by atoms with van der Waals surface area (Å²) >= 11 is 0. The second kappa shape index (κ2) is 23.5. The fraction of sp³-hybridized carbons (Fsp3) is 0.286. The van der Waals surface area contributed by atoms with Crippen molar-refractivity contribution in [2.45, 2.75) is 78.2 Å². The van der Waals surface area contributed by atoms with Crippen molar-refractivity contribution in [2.24, 2.45) is 17.6 Å². The molecule has 2 aliphatic rings. The first-order chi connectivity index (χ1) is 34.5. The van der Waals surface area contributed by atoms with Crippen LogP contribution in [0.25, 0.3) is 10.9 Å². The smallest absolute Gasteiger partial charge is 0.314 e. The minimum Gasteiger partial charge on any atom is -0.489 e. The molecule has 4 atom stereocenters. The van der Waals surface area contributed by atoms with Gasteiger partial charge in [-0.25, -0.2) is 9.67 Å². The number of nitrogens with zero attached hydrogens (tertiary/aromatic N) is 5. The molecule has 0 saturated carbocycles. The van der Waals surface area contributed by atoms with E-state index in [4.69, 9.17) is 25.7 Å². The summed E-state index contributed by atoms with van der Waals surface area (Å²) in [5.41, 5.74) is 17.3. The molecule has 4 amide bonds. The second-order valence-electron chi connectivity index (χ2n) is 18.3. The Labute approximate surface area is 413 Å². The quantitative estimate of drug-likeness (QED) is 0.0940. The number of hydrogen-bond acceptors (Lipinski definition) is 10. The van der Waals surface area contributed by atoms with Gasteiger partial charge in [-0.1, -0.05) is 129 Å². The topological polar surface area (TPSA) is 197 Å². The molecule has 2 aromatic heterocycles. The Hall–Kier alpha value is -8.04. The minimum atomic E-state index is -0.896. The first-order valence-corrected chi connectivity index (χ1v) is 24.0. The van der Waals surface area contributed by atoms with Gasteiger partial charge in [-0.3, -0.25) is 19.2 Å². The molecule has 366 valence electrons. The van der Waals surface area contributed by atoms with Gasteiger partial charge in [0.25, 0.3) is 0 Å². The molecule has 2 saturated heterocycles. The highest BCUT2D eigenvalue weighted by atomic mass is 16.5. The molecule has 0 spiro atoms. The van der Waals surface area contributed by atoms with E-state index in [1.807, 2.05) is 140 Å². The van der Waals surface area contributed by atoms with Crippen molar-refractivity contribution < 1.29 is 33.4 Å². The van der Waals surface area contributed by atoms with Crippen molar-refractivity contribution in [3.05, 3.63) is 180 Å². The number of anilines is 2. The summed E-state index contributed by atoms with van der Waals surface area (Å²) in [7, 11) is 0. The van der Waals surface area contributed by atoms with Gasteiger partial charge in [0.15, 0.2) is 0 Å². The first kappa shape index (κ1) is 49.4. The average molecular weight is 957 g/mol. The summed E-state index contributed by atoms with van der Waals surface area (Å²) in [5.74, 6) is -0.443. The van der Waals surface area contributed by atoms with Crippen LogP contribution >= 0.6 is 0 Å². The van der Waals surface area contributed by atoms with Gasteiger partial charge in [-0.2, -0.15) is 5.10 Å². The molecule has 4 unspecified atom stereocenters. The third kappa shape index (κ3) is 13.0. The number of ether oxygens (including phenoxy) is 3. The van der Waals surface area contributed by atoms with Gasteiger partial charge in [-0.15, -0.1) is 0 Å². The minimum absolute atomic E-state index is 0.116. The van der Waals surface area contributed by atoms with E-state index >= 15 is 0 Å². The number of nitrogens with one attached hydrogen (secondary N) is 1. The predicted molar refractivity (Wildman–Crippen MR) is 271 cm³/mol. The number of hydrogen-bond donors (Lipinski definition) is 3. The van der Waals surface area contributed by atoms with Crippen LogP contribution in [0.15, 0.2) is 152 Å². The predicted octanol–water partition coefficient (Wildman–Crippen LogP) is 8.76. The number of pyridine rings is 1. The number of rotatable bonds is 13. The number of carbonyl (C=O) groups is 4. The maximum Gasteiger partial charge on any atom is 0.314 e. The van der Waals surface area contributed by atoms with Gasteiger partial charge in [0.2, 0.25) is 0 Å². The number of primary amides is 1. The van der Waals surface area contributed by atoms with Crippen LogP contribution in [0.4, 0.5) is 11.5 Å². The van der Waals surface area contributed by atoms with E-state index in [2.05, 4.69) is 29.2 Å². The van der Waals surface area contributed by atoms with Crippen LogP contribution in [0.5, 0.6) is 11.5 Å². The third-order valence-electron chi connectivity index (χ3n) is 12.8. The molecule has 2 aliphatic heterocycles. The number of fused-ring (bicyclic) bond motifs is 1. The van der Waals surface area contributed by atoms with Crippen LogP contribution in [0.3, 0.4) is 0 Å². The number of piperidine rings is 2. The zero-order chi connectivity index (χ0) is 49.7. The van der Waals surface area contributed by atoms with Crippen LogP contribution in [-0.4, -0.2) is 61.3 Å². The highest BCUT2D eigenvalue weighted by Gasteiger charge is 2.35. The largest absolute Gasteiger partial charge is 0.489 e. The normalized spacial score (nSPS) is 17.7. The molecule has 7 aromatic rings. The van der Waals surface area contributed by atoms with Gasteiger partial charge in [0.1, 0.15) is 42.8 Å². The van der Waals surface area contributed by atoms with Crippen LogP contribution in [0, 0.1) is 11.8 Å². The average Bonchev–Trinajstić information content (AvgIpc) is 3.84. The number of carbonyl (C=O) groups excluding carboxylic acids is 4. The Balaban J connectivity index is 0.000000221. The number of nitrogen functional groups attached to an aromatic ring is 1. The molecular formula is C56H60N8O7. The van der Waals surface area contributed by atoms with E-state index in [1.54, 1.807) is 20.7 Å². The Bertz CT molecular complexity index is 2880. The lowest BCUT2D eigenvalue weighted by atomic mass is 9.89. The number of likely N-dealkylation sites (tertiary alicyclic amines) is 2. The van der Waals surface area contributed by atoms with E-state index in [0.29, 0.717) is 55.4 Å². The van der Waals surface area contributed by atoms with Crippen molar-refractivity contribution in [1.29, 1.82) is 0 Å². The lowest BCUT2D eigenvalue weighted by molar-refractivity contribution is -0.147. The molecule has 2 fully saturated rings. The summed E-state index contributed by atoms with van der Waals surface area (Å²) in [6.07, 6.45) is 6.69. The van der Waals surface area contributed by atoms with E-state index in [-0.39, 0.29) is 30.6 Å². The summed E-state index contributed by atoms with van der Waals surface area (Å²) in [6.45, 7) is 6.78. The fourth-order valence-corrected chi connectivity index (χ4v) is 9.01. The molecule has 5 N–H and O–H groups in total. The van der Waals surface area contributed by atoms with Crippen molar-refractivity contribution in [3.8, 4) is 11.5 Å². The van der Waals surface area contributed by atoms with Crippen LogP contribution < -0.4 is 26.3 Å². The van der Waals surface area contributed by atoms with Crippen molar-refractivity contribution in [2.75, 3.05) is 24.1 Å². The van der Waals surface area contributed by atoms with Gasteiger partial charge in [0.05, 0.1) is 36.0 Å².